The minimum absolute atomic E-state index is 0.220. The van der Waals surface area contributed by atoms with Crippen LogP contribution in [0.3, 0.4) is 0 Å². The van der Waals surface area contributed by atoms with Gasteiger partial charge in [0.25, 0.3) is 0 Å². The molecule has 0 saturated heterocycles. The van der Waals surface area contributed by atoms with Crippen LogP contribution in [-0.2, 0) is 0 Å². The molecular weight excluding hydrogens is 216 g/mol. The normalized spacial score (nSPS) is 24.4. The summed E-state index contributed by atoms with van der Waals surface area (Å²) in [6.45, 7) is 9.00. The van der Waals surface area contributed by atoms with Gasteiger partial charge in [-0.2, -0.15) is 11.8 Å². The maximum absolute atomic E-state index is 10.3. The van der Waals surface area contributed by atoms with E-state index >= 15 is 0 Å². The monoisotopic (exact) mass is 242 g/mol. The summed E-state index contributed by atoms with van der Waals surface area (Å²) < 4.78 is 0. The Morgan fingerprint density at radius 3 is 2.62 bits per heavy atom. The van der Waals surface area contributed by atoms with Crippen molar-refractivity contribution in [1.29, 1.82) is 0 Å². The molecule has 0 aromatic rings. The molecule has 2 heteroatoms. The molecule has 94 valence electrons. The van der Waals surface area contributed by atoms with Gasteiger partial charge in [0.1, 0.15) is 0 Å². The first-order valence-corrected chi connectivity index (χ1v) is 7.58. The number of aliphatic hydroxyl groups excluding tert-OH is 1. The van der Waals surface area contributed by atoms with Gasteiger partial charge >= 0.3 is 0 Å². The second-order valence-electron chi connectivity index (χ2n) is 5.69. The van der Waals surface area contributed by atoms with Crippen molar-refractivity contribution in [2.75, 3.05) is 6.26 Å². The number of hydrogen-bond donors (Lipinski definition) is 1. The van der Waals surface area contributed by atoms with Crippen molar-refractivity contribution in [2.45, 2.75) is 64.7 Å². The summed E-state index contributed by atoms with van der Waals surface area (Å²) in [6, 6.07) is 0. The first kappa shape index (κ1) is 14.1. The molecule has 0 aliphatic heterocycles. The summed E-state index contributed by atoms with van der Waals surface area (Å²) in [5, 5.41) is 10.8. The molecule has 16 heavy (non-hydrogen) atoms. The second kappa shape index (κ2) is 5.59. The maximum Gasteiger partial charge on any atom is 0.0763 e. The lowest BCUT2D eigenvalue weighted by Gasteiger charge is -2.35. The first-order valence-electron chi connectivity index (χ1n) is 6.29. The van der Waals surface area contributed by atoms with Crippen LogP contribution < -0.4 is 0 Å². The zero-order valence-electron chi connectivity index (χ0n) is 11.3. The molecule has 0 aromatic heterocycles. The van der Waals surface area contributed by atoms with Crippen LogP contribution in [-0.4, -0.2) is 22.7 Å². The lowest BCUT2D eigenvalue weighted by atomic mass is 9.72. The average Bonchev–Trinajstić information content (AvgIpc) is 2.21. The zero-order chi connectivity index (χ0) is 12.3. The van der Waals surface area contributed by atoms with Crippen molar-refractivity contribution in [3.05, 3.63) is 11.1 Å². The highest BCUT2D eigenvalue weighted by atomic mass is 32.2. The fourth-order valence-corrected chi connectivity index (χ4v) is 2.87. The van der Waals surface area contributed by atoms with E-state index in [1.165, 1.54) is 24.0 Å². The summed E-state index contributed by atoms with van der Waals surface area (Å²) in [6.07, 6.45) is 6.37. The molecule has 0 radical (unpaired) electrons. The van der Waals surface area contributed by atoms with Crippen molar-refractivity contribution in [3.63, 3.8) is 0 Å². The third kappa shape index (κ3) is 3.27. The molecule has 1 aliphatic carbocycles. The van der Waals surface area contributed by atoms with Crippen LogP contribution >= 0.6 is 11.8 Å². The van der Waals surface area contributed by atoms with Crippen molar-refractivity contribution in [2.24, 2.45) is 5.41 Å². The van der Waals surface area contributed by atoms with Crippen LogP contribution in [0.1, 0.15) is 53.4 Å². The van der Waals surface area contributed by atoms with E-state index in [1.807, 2.05) is 11.8 Å². The third-order valence-electron chi connectivity index (χ3n) is 4.10. The van der Waals surface area contributed by atoms with Crippen molar-refractivity contribution >= 4 is 11.8 Å². The Kier molecular flexibility index (Phi) is 4.93. The van der Waals surface area contributed by atoms with E-state index in [0.717, 1.165) is 12.8 Å². The van der Waals surface area contributed by atoms with Gasteiger partial charge in [0.15, 0.2) is 0 Å². The second-order valence-corrected chi connectivity index (χ2v) is 6.96. The van der Waals surface area contributed by atoms with Gasteiger partial charge in [0.2, 0.25) is 0 Å². The predicted octanol–water partition coefficient (Wildman–Crippen LogP) is 4.02. The molecule has 0 spiro atoms. The van der Waals surface area contributed by atoms with Crippen molar-refractivity contribution < 1.29 is 5.11 Å². The van der Waals surface area contributed by atoms with Gasteiger partial charge in [-0.25, -0.2) is 0 Å². The van der Waals surface area contributed by atoms with Gasteiger partial charge in [-0.05, 0) is 49.9 Å². The molecule has 2 atom stereocenters. The molecule has 0 fully saturated rings. The number of aliphatic hydroxyl groups is 1. The summed E-state index contributed by atoms with van der Waals surface area (Å²) in [5.41, 5.74) is 3.04. The van der Waals surface area contributed by atoms with E-state index in [0.29, 0.717) is 5.25 Å². The van der Waals surface area contributed by atoms with Gasteiger partial charge in [-0.3, -0.25) is 0 Å². The Hall–Kier alpha value is 0.0500. The first-order chi connectivity index (χ1) is 7.38. The molecule has 0 amide bonds. The molecular formula is C14H26OS. The number of rotatable bonds is 4. The van der Waals surface area contributed by atoms with Gasteiger partial charge in [0, 0.05) is 5.25 Å². The van der Waals surface area contributed by atoms with E-state index in [-0.39, 0.29) is 11.5 Å². The third-order valence-corrected chi connectivity index (χ3v) is 5.10. The van der Waals surface area contributed by atoms with Crippen molar-refractivity contribution in [3.8, 4) is 0 Å². The lowest BCUT2D eigenvalue weighted by molar-refractivity contribution is 0.185. The lowest BCUT2D eigenvalue weighted by Crippen LogP contribution is -2.26. The summed E-state index contributed by atoms with van der Waals surface area (Å²) in [4.78, 5) is 0. The van der Waals surface area contributed by atoms with Crippen LogP contribution in [0, 0.1) is 5.41 Å². The zero-order valence-corrected chi connectivity index (χ0v) is 12.2. The topological polar surface area (TPSA) is 20.2 Å². The largest absolute Gasteiger partial charge is 0.389 e. The summed E-state index contributed by atoms with van der Waals surface area (Å²) >= 11 is 1.84. The number of hydrogen-bond acceptors (Lipinski definition) is 2. The molecule has 0 saturated carbocycles. The van der Waals surface area contributed by atoms with Gasteiger partial charge in [-0.15, -0.1) is 0 Å². The molecule has 0 bridgehead atoms. The van der Waals surface area contributed by atoms with Gasteiger partial charge in [0.05, 0.1) is 6.10 Å². The Bertz CT molecular complexity index is 268. The molecule has 1 nitrogen and oxygen atoms in total. The Balaban J connectivity index is 2.78. The minimum Gasteiger partial charge on any atom is -0.389 e. The molecule has 1 rings (SSSR count). The maximum atomic E-state index is 10.3. The standard InChI is InChI=1S/C14H26OS/c1-10(16-5)9-13(15)12-7-6-8-14(3,4)11(12)2/h10,13,15H,6-9H2,1-5H3. The quantitative estimate of drug-likeness (QED) is 0.752. The smallest absolute Gasteiger partial charge is 0.0763 e. The van der Waals surface area contributed by atoms with Crippen LogP contribution in [0.2, 0.25) is 0 Å². The molecule has 1 aliphatic rings. The number of thioether (sulfide) groups is 1. The van der Waals surface area contributed by atoms with E-state index in [4.69, 9.17) is 0 Å². The highest BCUT2D eigenvalue weighted by molar-refractivity contribution is 7.99. The van der Waals surface area contributed by atoms with E-state index < -0.39 is 0 Å². The Morgan fingerprint density at radius 2 is 2.06 bits per heavy atom. The molecule has 0 heterocycles. The van der Waals surface area contributed by atoms with Crippen LogP contribution in [0.25, 0.3) is 0 Å². The van der Waals surface area contributed by atoms with Gasteiger partial charge in [-0.1, -0.05) is 26.3 Å². The Labute approximate surface area is 105 Å². The van der Waals surface area contributed by atoms with Crippen LogP contribution in [0.15, 0.2) is 11.1 Å². The highest BCUT2D eigenvalue weighted by Crippen LogP contribution is 2.41. The van der Waals surface area contributed by atoms with Crippen LogP contribution in [0.4, 0.5) is 0 Å². The summed E-state index contributed by atoms with van der Waals surface area (Å²) in [5.74, 6) is 0. The van der Waals surface area contributed by atoms with Crippen LogP contribution in [0.5, 0.6) is 0 Å². The van der Waals surface area contributed by atoms with Crippen molar-refractivity contribution in [1.82, 2.24) is 0 Å². The van der Waals surface area contributed by atoms with E-state index in [9.17, 15) is 5.11 Å². The van der Waals surface area contributed by atoms with Gasteiger partial charge < -0.3 is 5.11 Å². The summed E-state index contributed by atoms with van der Waals surface area (Å²) in [7, 11) is 0. The van der Waals surface area contributed by atoms with E-state index in [1.54, 1.807) is 0 Å². The molecule has 2 unspecified atom stereocenters. The average molecular weight is 242 g/mol. The molecule has 1 N–H and O–H groups in total. The SMILES string of the molecule is CSC(C)CC(O)C1=C(C)C(C)(C)CCC1. The fourth-order valence-electron chi connectivity index (χ4n) is 2.50. The van der Waals surface area contributed by atoms with E-state index in [2.05, 4.69) is 34.0 Å². The number of allylic oxidation sites excluding steroid dienone is 1. The Morgan fingerprint density at radius 1 is 1.44 bits per heavy atom. The molecule has 0 aromatic carbocycles. The minimum atomic E-state index is -0.220. The fraction of sp³-hybridized carbons (Fsp3) is 0.857. The highest BCUT2D eigenvalue weighted by Gasteiger charge is 2.29. The predicted molar refractivity (Wildman–Crippen MR) is 73.9 cm³/mol.